The topological polar surface area (TPSA) is 78.9 Å². The van der Waals surface area contributed by atoms with Crippen LogP contribution in [0, 0.1) is 11.8 Å². The van der Waals surface area contributed by atoms with Crippen LogP contribution in [0.15, 0.2) is 0 Å². The Morgan fingerprint density at radius 1 is 0.356 bits per heavy atom. The maximum atomic E-state index is 12.7. The molecule has 1 unspecified atom stereocenters. The van der Waals surface area contributed by atoms with Crippen molar-refractivity contribution in [2.45, 2.75) is 298 Å². The molecule has 350 valence electrons. The number of carbonyl (C=O) groups is 3. The van der Waals surface area contributed by atoms with E-state index in [1.165, 1.54) is 180 Å². The van der Waals surface area contributed by atoms with Crippen LogP contribution >= 0.6 is 0 Å². The molecule has 2 atom stereocenters. The molecule has 6 nitrogen and oxygen atoms in total. The molecule has 0 spiro atoms. The summed E-state index contributed by atoms with van der Waals surface area (Å²) in [4.78, 5) is 37.9. The van der Waals surface area contributed by atoms with Gasteiger partial charge in [0.05, 0.1) is 0 Å². The highest BCUT2D eigenvalue weighted by Crippen LogP contribution is 2.18. The molecule has 0 aromatic carbocycles. The predicted molar refractivity (Wildman–Crippen MR) is 252 cm³/mol. The molecule has 0 saturated heterocycles. The van der Waals surface area contributed by atoms with Crippen molar-refractivity contribution >= 4 is 17.9 Å². The SMILES string of the molecule is CCCCCCCCCCCCCCCCCC(=O)OC[C@@H](COC(=O)CCCCCCCCCCCCCCCC(C)C)OC(=O)CCCCCCCCC(C)CC. The number of esters is 3. The second-order valence-corrected chi connectivity index (χ2v) is 18.9. The fraction of sp³-hybridized carbons (Fsp3) is 0.943. The first kappa shape index (κ1) is 57.4. The third-order valence-electron chi connectivity index (χ3n) is 12.3. The molecular formula is C53H102O6. The van der Waals surface area contributed by atoms with Crippen molar-refractivity contribution in [1.29, 1.82) is 0 Å². The number of hydrogen-bond acceptors (Lipinski definition) is 6. The first-order chi connectivity index (χ1) is 28.8. The molecule has 0 heterocycles. The number of rotatable bonds is 47. The van der Waals surface area contributed by atoms with Gasteiger partial charge >= 0.3 is 17.9 Å². The molecule has 0 fully saturated rings. The van der Waals surface area contributed by atoms with Crippen LogP contribution in [-0.2, 0) is 28.6 Å². The first-order valence-corrected chi connectivity index (χ1v) is 26.3. The third kappa shape index (κ3) is 45.8. The molecule has 0 aliphatic rings. The van der Waals surface area contributed by atoms with Crippen LogP contribution in [0.4, 0.5) is 0 Å². The Balaban J connectivity index is 4.27. The van der Waals surface area contributed by atoms with Crippen LogP contribution in [0.5, 0.6) is 0 Å². The molecule has 6 heteroatoms. The average Bonchev–Trinajstić information content (AvgIpc) is 3.22. The predicted octanol–water partition coefficient (Wildman–Crippen LogP) is 16.9. The molecule has 0 radical (unpaired) electrons. The van der Waals surface area contributed by atoms with E-state index in [1.807, 2.05) is 0 Å². The average molecular weight is 835 g/mol. The Labute approximate surface area is 368 Å². The van der Waals surface area contributed by atoms with Crippen LogP contribution in [0.25, 0.3) is 0 Å². The van der Waals surface area contributed by atoms with E-state index in [0.717, 1.165) is 69.6 Å². The standard InChI is InChI=1S/C53H102O6/c1-6-8-9-10-11-12-13-14-15-18-21-24-27-33-38-43-51(54)57-46-50(59-53(56)45-40-35-30-29-32-37-42-49(5)7-2)47-58-52(55)44-39-34-28-25-22-19-16-17-20-23-26-31-36-41-48(3)4/h48-50H,6-47H2,1-5H3/t49?,50-/m0/s1. The van der Waals surface area contributed by atoms with E-state index in [0.29, 0.717) is 19.3 Å². The smallest absolute Gasteiger partial charge is 0.306 e. The van der Waals surface area contributed by atoms with Crippen molar-refractivity contribution in [2.24, 2.45) is 11.8 Å². The fourth-order valence-corrected chi connectivity index (χ4v) is 7.96. The van der Waals surface area contributed by atoms with Crippen LogP contribution in [-0.4, -0.2) is 37.2 Å². The van der Waals surface area contributed by atoms with Crippen LogP contribution in [0.1, 0.15) is 291 Å². The van der Waals surface area contributed by atoms with Crippen LogP contribution < -0.4 is 0 Å². The Hall–Kier alpha value is -1.59. The monoisotopic (exact) mass is 835 g/mol. The number of hydrogen-bond donors (Lipinski definition) is 0. The summed E-state index contributed by atoms with van der Waals surface area (Å²) in [6.45, 7) is 11.4. The molecule has 0 saturated carbocycles. The highest BCUT2D eigenvalue weighted by Gasteiger charge is 2.19. The van der Waals surface area contributed by atoms with Crippen molar-refractivity contribution in [3.05, 3.63) is 0 Å². The maximum Gasteiger partial charge on any atom is 0.306 e. The molecule has 59 heavy (non-hydrogen) atoms. The summed E-state index contributed by atoms with van der Waals surface area (Å²) in [5, 5.41) is 0. The van der Waals surface area contributed by atoms with Gasteiger partial charge in [-0.1, -0.05) is 253 Å². The quantitative estimate of drug-likeness (QED) is 0.0345. The van der Waals surface area contributed by atoms with Gasteiger partial charge in [-0.05, 0) is 31.1 Å². The first-order valence-electron chi connectivity index (χ1n) is 26.3. The number of carbonyl (C=O) groups excluding carboxylic acids is 3. The zero-order chi connectivity index (χ0) is 43.3. The minimum atomic E-state index is -0.762. The molecule has 0 aliphatic heterocycles. The fourth-order valence-electron chi connectivity index (χ4n) is 7.96. The van der Waals surface area contributed by atoms with Gasteiger partial charge in [0, 0.05) is 19.3 Å². The van der Waals surface area contributed by atoms with Crippen molar-refractivity contribution < 1.29 is 28.6 Å². The second-order valence-electron chi connectivity index (χ2n) is 18.9. The van der Waals surface area contributed by atoms with Gasteiger partial charge in [-0.25, -0.2) is 0 Å². The molecule has 0 N–H and O–H groups in total. The summed E-state index contributed by atoms with van der Waals surface area (Å²) in [5.41, 5.74) is 0. The van der Waals surface area contributed by atoms with E-state index < -0.39 is 6.10 Å². The van der Waals surface area contributed by atoms with Crippen molar-refractivity contribution in [3.63, 3.8) is 0 Å². The van der Waals surface area contributed by atoms with Gasteiger partial charge in [0.2, 0.25) is 0 Å². The zero-order valence-electron chi connectivity index (χ0n) is 40.4. The summed E-state index contributed by atoms with van der Waals surface area (Å²) in [5.74, 6) is 0.799. The van der Waals surface area contributed by atoms with E-state index in [1.54, 1.807) is 0 Å². The van der Waals surface area contributed by atoms with Crippen molar-refractivity contribution in [2.75, 3.05) is 13.2 Å². The molecule has 0 aliphatic carbocycles. The van der Waals surface area contributed by atoms with Gasteiger partial charge in [0.15, 0.2) is 6.10 Å². The lowest BCUT2D eigenvalue weighted by atomic mass is 10.00. The van der Waals surface area contributed by atoms with Crippen molar-refractivity contribution in [1.82, 2.24) is 0 Å². The highest BCUT2D eigenvalue weighted by atomic mass is 16.6. The Morgan fingerprint density at radius 2 is 0.644 bits per heavy atom. The van der Waals surface area contributed by atoms with Crippen LogP contribution in [0.3, 0.4) is 0 Å². The Morgan fingerprint density at radius 3 is 0.966 bits per heavy atom. The summed E-state index contributed by atoms with van der Waals surface area (Å²) < 4.78 is 16.8. The molecular weight excluding hydrogens is 733 g/mol. The third-order valence-corrected chi connectivity index (χ3v) is 12.3. The van der Waals surface area contributed by atoms with Gasteiger partial charge in [-0.15, -0.1) is 0 Å². The maximum absolute atomic E-state index is 12.7. The number of ether oxygens (including phenoxy) is 3. The summed E-state index contributed by atoms with van der Waals surface area (Å²) in [7, 11) is 0. The molecule has 0 amide bonds. The Bertz CT molecular complexity index is 902. The molecule has 0 bridgehead atoms. The molecule has 0 rings (SSSR count). The minimum Gasteiger partial charge on any atom is -0.462 e. The minimum absolute atomic E-state index is 0.0644. The largest absolute Gasteiger partial charge is 0.462 e. The van der Waals surface area contributed by atoms with Gasteiger partial charge in [-0.2, -0.15) is 0 Å². The summed E-state index contributed by atoms with van der Waals surface area (Å²) in [6.07, 6.45) is 46.6. The lowest BCUT2D eigenvalue weighted by Gasteiger charge is -2.18. The van der Waals surface area contributed by atoms with Gasteiger partial charge in [0.25, 0.3) is 0 Å². The molecule has 0 aromatic rings. The van der Waals surface area contributed by atoms with E-state index >= 15 is 0 Å². The van der Waals surface area contributed by atoms with E-state index in [9.17, 15) is 14.4 Å². The van der Waals surface area contributed by atoms with E-state index in [2.05, 4.69) is 34.6 Å². The van der Waals surface area contributed by atoms with E-state index in [4.69, 9.17) is 14.2 Å². The van der Waals surface area contributed by atoms with Gasteiger partial charge in [0.1, 0.15) is 13.2 Å². The summed E-state index contributed by atoms with van der Waals surface area (Å²) in [6, 6.07) is 0. The lowest BCUT2D eigenvalue weighted by molar-refractivity contribution is -0.167. The van der Waals surface area contributed by atoms with Gasteiger partial charge < -0.3 is 14.2 Å². The van der Waals surface area contributed by atoms with Crippen molar-refractivity contribution in [3.8, 4) is 0 Å². The molecule has 0 aromatic heterocycles. The lowest BCUT2D eigenvalue weighted by Crippen LogP contribution is -2.30. The zero-order valence-corrected chi connectivity index (χ0v) is 40.4. The normalized spacial score (nSPS) is 12.5. The second kappa shape index (κ2) is 45.9. The highest BCUT2D eigenvalue weighted by molar-refractivity contribution is 5.71. The Kier molecular flexibility index (Phi) is 44.7. The number of unbranched alkanes of at least 4 members (excludes halogenated alkanes) is 31. The summed E-state index contributed by atoms with van der Waals surface area (Å²) >= 11 is 0. The van der Waals surface area contributed by atoms with E-state index in [-0.39, 0.29) is 31.1 Å². The van der Waals surface area contributed by atoms with Gasteiger partial charge in [-0.3, -0.25) is 14.4 Å². The van der Waals surface area contributed by atoms with Crippen LogP contribution in [0.2, 0.25) is 0 Å².